The molecule has 0 aliphatic carbocycles. The SMILES string of the molecule is N#Cc1cnc(N2CCCN(S(=O)(=O)c3ccc(F)cc3)CC2)cn1. The summed E-state index contributed by atoms with van der Waals surface area (Å²) in [7, 11) is -3.66. The van der Waals surface area contributed by atoms with E-state index in [2.05, 4.69) is 9.97 Å². The number of nitrogens with zero attached hydrogens (tertiary/aromatic N) is 5. The van der Waals surface area contributed by atoms with Crippen LogP contribution in [0.4, 0.5) is 10.2 Å². The Bertz CT molecular complexity index is 878. The van der Waals surface area contributed by atoms with Crippen LogP contribution in [0, 0.1) is 17.1 Å². The molecule has 0 spiro atoms. The zero-order valence-corrected chi connectivity index (χ0v) is 14.2. The highest BCUT2D eigenvalue weighted by molar-refractivity contribution is 7.89. The molecule has 2 aromatic rings. The Morgan fingerprint density at radius 1 is 1.04 bits per heavy atom. The standard InChI is InChI=1S/C16H16FN5O2S/c17-13-2-4-15(5-3-13)25(23,24)22-7-1-6-21(8-9-22)16-12-19-14(10-18)11-20-16/h2-5,11-12H,1,6-9H2. The molecule has 1 fully saturated rings. The van der Waals surface area contributed by atoms with Crippen LogP contribution in [0.3, 0.4) is 0 Å². The number of hydrogen-bond donors (Lipinski definition) is 0. The van der Waals surface area contributed by atoms with E-state index in [0.717, 1.165) is 12.1 Å². The van der Waals surface area contributed by atoms with Crippen LogP contribution >= 0.6 is 0 Å². The maximum atomic E-state index is 13.0. The van der Waals surface area contributed by atoms with E-state index in [0.29, 0.717) is 38.4 Å². The van der Waals surface area contributed by atoms with Gasteiger partial charge in [-0.25, -0.2) is 22.8 Å². The fourth-order valence-corrected chi connectivity index (χ4v) is 4.13. The zero-order chi connectivity index (χ0) is 17.9. The first-order valence-electron chi connectivity index (χ1n) is 7.73. The van der Waals surface area contributed by atoms with Gasteiger partial charge in [0.15, 0.2) is 5.69 Å². The minimum absolute atomic E-state index is 0.0838. The monoisotopic (exact) mass is 361 g/mol. The van der Waals surface area contributed by atoms with Gasteiger partial charge in [-0.15, -0.1) is 0 Å². The highest BCUT2D eigenvalue weighted by Crippen LogP contribution is 2.20. The molecule has 7 nitrogen and oxygen atoms in total. The summed E-state index contributed by atoms with van der Waals surface area (Å²) in [6.45, 7) is 1.76. The van der Waals surface area contributed by atoms with E-state index in [9.17, 15) is 12.8 Å². The second kappa shape index (κ2) is 7.13. The van der Waals surface area contributed by atoms with E-state index in [4.69, 9.17) is 5.26 Å². The van der Waals surface area contributed by atoms with Gasteiger partial charge < -0.3 is 4.90 Å². The van der Waals surface area contributed by atoms with Gasteiger partial charge in [0, 0.05) is 26.2 Å². The van der Waals surface area contributed by atoms with Crippen LogP contribution in [0.2, 0.25) is 0 Å². The van der Waals surface area contributed by atoms with Gasteiger partial charge in [0.2, 0.25) is 10.0 Å². The van der Waals surface area contributed by atoms with Crippen molar-refractivity contribution in [2.24, 2.45) is 0 Å². The largest absolute Gasteiger partial charge is 0.354 e. The fourth-order valence-electron chi connectivity index (χ4n) is 2.66. The number of hydrogen-bond acceptors (Lipinski definition) is 6. The van der Waals surface area contributed by atoms with Crippen LogP contribution < -0.4 is 4.90 Å². The Hall–Kier alpha value is -2.57. The predicted molar refractivity (Wildman–Crippen MR) is 88.7 cm³/mol. The molecule has 0 unspecified atom stereocenters. The lowest BCUT2D eigenvalue weighted by atomic mass is 10.4. The topological polar surface area (TPSA) is 90.2 Å². The van der Waals surface area contributed by atoms with Gasteiger partial charge in [0.25, 0.3) is 0 Å². The predicted octanol–water partition coefficient (Wildman–Crippen LogP) is 1.39. The third-order valence-electron chi connectivity index (χ3n) is 3.98. The maximum Gasteiger partial charge on any atom is 0.243 e. The molecule has 0 radical (unpaired) electrons. The van der Waals surface area contributed by atoms with E-state index in [-0.39, 0.29) is 10.6 Å². The van der Waals surface area contributed by atoms with Crippen molar-refractivity contribution in [2.75, 3.05) is 31.1 Å². The zero-order valence-electron chi connectivity index (χ0n) is 13.3. The summed E-state index contributed by atoms with van der Waals surface area (Å²) in [5.41, 5.74) is 0.235. The molecule has 0 N–H and O–H groups in total. The molecule has 3 rings (SSSR count). The average molecular weight is 361 g/mol. The summed E-state index contributed by atoms with van der Waals surface area (Å²) in [5, 5.41) is 8.77. The molecule has 0 bridgehead atoms. The molecule has 130 valence electrons. The quantitative estimate of drug-likeness (QED) is 0.821. The fraction of sp³-hybridized carbons (Fsp3) is 0.312. The van der Waals surface area contributed by atoms with Crippen LogP contribution in [-0.2, 0) is 10.0 Å². The molecule has 2 heterocycles. The average Bonchev–Trinajstić information content (AvgIpc) is 2.89. The number of anilines is 1. The van der Waals surface area contributed by atoms with Crippen LogP contribution in [0.15, 0.2) is 41.6 Å². The first-order valence-corrected chi connectivity index (χ1v) is 9.17. The first-order chi connectivity index (χ1) is 12.0. The second-order valence-corrected chi connectivity index (χ2v) is 7.51. The molecule has 1 aliphatic rings. The van der Waals surface area contributed by atoms with Crippen LogP contribution in [0.5, 0.6) is 0 Å². The molecule has 1 aromatic carbocycles. The van der Waals surface area contributed by atoms with Gasteiger partial charge >= 0.3 is 0 Å². The van der Waals surface area contributed by atoms with E-state index in [1.54, 1.807) is 0 Å². The summed E-state index contributed by atoms with van der Waals surface area (Å²) in [5.74, 6) is 0.139. The van der Waals surface area contributed by atoms with Crippen molar-refractivity contribution in [3.63, 3.8) is 0 Å². The minimum Gasteiger partial charge on any atom is -0.354 e. The van der Waals surface area contributed by atoms with Crippen LogP contribution in [0.1, 0.15) is 12.1 Å². The van der Waals surface area contributed by atoms with Gasteiger partial charge in [-0.05, 0) is 30.7 Å². The van der Waals surface area contributed by atoms with Gasteiger partial charge in [-0.3, -0.25) is 0 Å². The second-order valence-electron chi connectivity index (χ2n) is 5.57. The van der Waals surface area contributed by atoms with Gasteiger partial charge in [0.1, 0.15) is 17.7 Å². The number of rotatable bonds is 3. The van der Waals surface area contributed by atoms with E-state index in [1.807, 2.05) is 11.0 Å². The summed E-state index contributed by atoms with van der Waals surface area (Å²) >= 11 is 0. The van der Waals surface area contributed by atoms with Crippen molar-refractivity contribution in [3.05, 3.63) is 48.2 Å². The molecular formula is C16H16FN5O2S. The normalized spacial score (nSPS) is 16.2. The Kier molecular flexibility index (Phi) is 4.92. The molecule has 9 heteroatoms. The van der Waals surface area contributed by atoms with Crippen molar-refractivity contribution >= 4 is 15.8 Å². The van der Waals surface area contributed by atoms with Crippen LogP contribution in [0.25, 0.3) is 0 Å². The first kappa shape index (κ1) is 17.3. The van der Waals surface area contributed by atoms with Crippen molar-refractivity contribution in [3.8, 4) is 6.07 Å². The molecule has 1 aromatic heterocycles. The minimum atomic E-state index is -3.66. The van der Waals surface area contributed by atoms with Gasteiger partial charge in [-0.1, -0.05) is 0 Å². The van der Waals surface area contributed by atoms with Gasteiger partial charge in [0.05, 0.1) is 17.3 Å². The third-order valence-corrected chi connectivity index (χ3v) is 5.90. The summed E-state index contributed by atoms with van der Waals surface area (Å²) in [6, 6.07) is 6.75. The molecule has 0 saturated carbocycles. The lowest BCUT2D eigenvalue weighted by Gasteiger charge is -2.22. The summed E-state index contributed by atoms with van der Waals surface area (Å²) in [6.07, 6.45) is 3.54. The third kappa shape index (κ3) is 3.75. The Morgan fingerprint density at radius 3 is 2.44 bits per heavy atom. The smallest absolute Gasteiger partial charge is 0.243 e. The van der Waals surface area contributed by atoms with Gasteiger partial charge in [-0.2, -0.15) is 9.57 Å². The van der Waals surface area contributed by atoms with Crippen molar-refractivity contribution in [1.82, 2.24) is 14.3 Å². The molecular weight excluding hydrogens is 345 g/mol. The number of benzene rings is 1. The Balaban J connectivity index is 1.74. The van der Waals surface area contributed by atoms with Crippen molar-refractivity contribution < 1.29 is 12.8 Å². The molecule has 1 aliphatic heterocycles. The molecule has 0 atom stereocenters. The van der Waals surface area contributed by atoms with E-state index >= 15 is 0 Å². The Morgan fingerprint density at radius 2 is 1.80 bits per heavy atom. The number of halogens is 1. The molecule has 1 saturated heterocycles. The molecule has 0 amide bonds. The van der Waals surface area contributed by atoms with Crippen molar-refractivity contribution in [2.45, 2.75) is 11.3 Å². The number of aromatic nitrogens is 2. The highest BCUT2D eigenvalue weighted by atomic mass is 32.2. The van der Waals surface area contributed by atoms with E-state index in [1.165, 1.54) is 28.8 Å². The van der Waals surface area contributed by atoms with Crippen LogP contribution in [-0.4, -0.2) is 48.9 Å². The lowest BCUT2D eigenvalue weighted by Crippen LogP contribution is -2.35. The van der Waals surface area contributed by atoms with Crippen molar-refractivity contribution in [1.29, 1.82) is 5.26 Å². The summed E-state index contributed by atoms with van der Waals surface area (Å²) < 4.78 is 39.8. The molecule has 25 heavy (non-hydrogen) atoms. The Labute approximate surface area is 145 Å². The lowest BCUT2D eigenvalue weighted by molar-refractivity contribution is 0.433. The number of nitriles is 1. The summed E-state index contributed by atoms with van der Waals surface area (Å²) in [4.78, 5) is 10.2. The van der Waals surface area contributed by atoms with E-state index < -0.39 is 15.8 Å². The highest BCUT2D eigenvalue weighted by Gasteiger charge is 2.27. The number of sulfonamides is 1. The maximum absolute atomic E-state index is 13.0.